The van der Waals surface area contributed by atoms with Crippen LogP contribution in [0.5, 0.6) is 5.75 Å². The van der Waals surface area contributed by atoms with E-state index in [9.17, 15) is 4.79 Å². The Balaban J connectivity index is 1.36. The molecule has 1 aromatic rings. The number of benzene rings is 1. The summed E-state index contributed by atoms with van der Waals surface area (Å²) in [7, 11) is 1.67. The maximum absolute atomic E-state index is 12.2. The molecule has 1 aromatic carbocycles. The number of nitrogens with zero attached hydrogens (tertiary/aromatic N) is 2. The van der Waals surface area contributed by atoms with Crippen LogP contribution in [0.4, 0.5) is 0 Å². The highest BCUT2D eigenvalue weighted by Gasteiger charge is 2.34. The molecule has 1 aliphatic heterocycles. The van der Waals surface area contributed by atoms with E-state index in [0.29, 0.717) is 19.1 Å². The molecule has 0 aromatic heterocycles. The first kappa shape index (κ1) is 17.2. The summed E-state index contributed by atoms with van der Waals surface area (Å²) in [6.07, 6.45) is 3.57. The summed E-state index contributed by atoms with van der Waals surface area (Å²) < 4.78 is 5.15. The third-order valence-corrected chi connectivity index (χ3v) is 5.10. The Morgan fingerprint density at radius 2 is 2.00 bits per heavy atom. The lowest BCUT2D eigenvalue weighted by Crippen LogP contribution is -2.54. The Hall–Kier alpha value is -1.59. The van der Waals surface area contributed by atoms with E-state index >= 15 is 0 Å². The van der Waals surface area contributed by atoms with Gasteiger partial charge in [0.05, 0.1) is 13.7 Å². The van der Waals surface area contributed by atoms with Crippen LogP contribution in [0.15, 0.2) is 24.3 Å². The number of carbonyl (C=O) groups excluding carboxylic acids is 1. The first-order chi connectivity index (χ1) is 11.7. The fourth-order valence-electron chi connectivity index (χ4n) is 3.41. The minimum absolute atomic E-state index is 0.134. The van der Waals surface area contributed by atoms with Gasteiger partial charge < -0.3 is 10.1 Å². The molecule has 2 aliphatic rings. The molecule has 3 rings (SSSR count). The normalized spacial score (nSPS) is 22.3. The predicted molar refractivity (Wildman–Crippen MR) is 95.3 cm³/mol. The van der Waals surface area contributed by atoms with Crippen molar-refractivity contribution < 1.29 is 9.53 Å². The lowest BCUT2D eigenvalue weighted by atomic mass is 10.1. The molecule has 1 aliphatic carbocycles. The number of carbonyl (C=O) groups is 1. The zero-order valence-corrected chi connectivity index (χ0v) is 14.8. The number of piperazine rings is 1. The maximum atomic E-state index is 12.2. The average Bonchev–Trinajstić information content (AvgIpc) is 3.42. The first-order valence-electron chi connectivity index (χ1n) is 9.03. The number of hydrogen-bond donors (Lipinski definition) is 1. The van der Waals surface area contributed by atoms with Crippen molar-refractivity contribution in [2.45, 2.75) is 38.3 Å². The Labute approximate surface area is 145 Å². The van der Waals surface area contributed by atoms with Gasteiger partial charge in [-0.3, -0.25) is 14.6 Å². The van der Waals surface area contributed by atoms with Crippen molar-refractivity contribution in [2.24, 2.45) is 0 Å². The Kier molecular flexibility index (Phi) is 5.74. The number of hydrogen-bond acceptors (Lipinski definition) is 4. The van der Waals surface area contributed by atoms with E-state index in [0.717, 1.165) is 37.8 Å². The van der Waals surface area contributed by atoms with Gasteiger partial charge in [0.25, 0.3) is 0 Å². The minimum atomic E-state index is 0.134. The van der Waals surface area contributed by atoms with Gasteiger partial charge in [-0.05, 0) is 43.9 Å². The van der Waals surface area contributed by atoms with Crippen LogP contribution < -0.4 is 10.1 Å². The summed E-state index contributed by atoms with van der Waals surface area (Å²) >= 11 is 0. The molecule has 1 heterocycles. The molecule has 1 N–H and O–H groups in total. The Morgan fingerprint density at radius 3 is 2.62 bits per heavy atom. The van der Waals surface area contributed by atoms with Crippen LogP contribution >= 0.6 is 0 Å². The van der Waals surface area contributed by atoms with Crippen LogP contribution in [-0.4, -0.2) is 67.6 Å². The SMILES string of the molecule is COc1ccc(CCNC(=O)CN2CCN(C3CC3)CC2C)cc1. The highest BCUT2D eigenvalue weighted by atomic mass is 16.5. The molecule has 24 heavy (non-hydrogen) atoms. The second-order valence-electron chi connectivity index (χ2n) is 6.99. The third-order valence-electron chi connectivity index (χ3n) is 5.10. The first-order valence-corrected chi connectivity index (χ1v) is 9.03. The maximum Gasteiger partial charge on any atom is 0.234 e. The molecule has 1 amide bonds. The third kappa shape index (κ3) is 4.71. The second-order valence-corrected chi connectivity index (χ2v) is 6.99. The molecule has 0 radical (unpaired) electrons. The van der Waals surface area contributed by atoms with Crippen molar-refractivity contribution in [3.63, 3.8) is 0 Å². The van der Waals surface area contributed by atoms with Crippen molar-refractivity contribution in [1.82, 2.24) is 15.1 Å². The smallest absolute Gasteiger partial charge is 0.234 e. The fraction of sp³-hybridized carbons (Fsp3) is 0.632. The predicted octanol–water partition coefficient (Wildman–Crippen LogP) is 1.52. The summed E-state index contributed by atoms with van der Waals surface area (Å²) in [4.78, 5) is 17.1. The van der Waals surface area contributed by atoms with Crippen molar-refractivity contribution in [3.05, 3.63) is 29.8 Å². The lowest BCUT2D eigenvalue weighted by Gasteiger charge is -2.39. The van der Waals surface area contributed by atoms with E-state index in [2.05, 4.69) is 22.0 Å². The van der Waals surface area contributed by atoms with Crippen molar-refractivity contribution in [1.29, 1.82) is 0 Å². The van der Waals surface area contributed by atoms with E-state index < -0.39 is 0 Å². The fourth-order valence-corrected chi connectivity index (χ4v) is 3.41. The number of methoxy groups -OCH3 is 1. The molecule has 5 nitrogen and oxygen atoms in total. The summed E-state index contributed by atoms with van der Waals surface area (Å²) in [5.74, 6) is 0.998. The van der Waals surface area contributed by atoms with E-state index in [1.54, 1.807) is 7.11 Å². The van der Waals surface area contributed by atoms with E-state index in [1.807, 2.05) is 24.3 Å². The van der Waals surface area contributed by atoms with Crippen molar-refractivity contribution >= 4 is 5.91 Å². The number of nitrogens with one attached hydrogen (secondary N) is 1. The second kappa shape index (κ2) is 7.99. The summed E-state index contributed by atoms with van der Waals surface area (Å²) in [6, 6.07) is 9.30. The zero-order valence-electron chi connectivity index (χ0n) is 14.8. The lowest BCUT2D eigenvalue weighted by molar-refractivity contribution is -0.123. The average molecular weight is 331 g/mol. The molecular weight excluding hydrogens is 302 g/mol. The van der Waals surface area contributed by atoms with Crippen LogP contribution in [0.3, 0.4) is 0 Å². The van der Waals surface area contributed by atoms with E-state index in [-0.39, 0.29) is 5.91 Å². The summed E-state index contributed by atoms with van der Waals surface area (Å²) in [6.45, 7) is 6.64. The molecular formula is C19H29N3O2. The van der Waals surface area contributed by atoms with Crippen LogP contribution in [0.2, 0.25) is 0 Å². The largest absolute Gasteiger partial charge is 0.497 e. The van der Waals surface area contributed by atoms with Gasteiger partial charge in [-0.15, -0.1) is 0 Å². The molecule has 132 valence electrons. The van der Waals surface area contributed by atoms with Gasteiger partial charge in [-0.2, -0.15) is 0 Å². The topological polar surface area (TPSA) is 44.8 Å². The van der Waals surface area contributed by atoms with Gasteiger partial charge in [0.2, 0.25) is 5.91 Å². The molecule has 1 unspecified atom stereocenters. The molecule has 1 saturated carbocycles. The minimum Gasteiger partial charge on any atom is -0.497 e. The standard InChI is InChI=1S/C19H29N3O2/c1-15-13-22(17-5-6-17)12-11-21(15)14-19(23)20-10-9-16-3-7-18(24-2)8-4-16/h3-4,7-8,15,17H,5-6,9-14H2,1-2H3,(H,20,23). The van der Waals surface area contributed by atoms with Gasteiger partial charge in [-0.1, -0.05) is 12.1 Å². The van der Waals surface area contributed by atoms with Gasteiger partial charge in [0.15, 0.2) is 0 Å². The highest BCUT2D eigenvalue weighted by Crippen LogP contribution is 2.28. The molecule has 1 saturated heterocycles. The molecule has 5 heteroatoms. The van der Waals surface area contributed by atoms with E-state index in [4.69, 9.17) is 4.74 Å². The van der Waals surface area contributed by atoms with Gasteiger partial charge in [-0.25, -0.2) is 0 Å². The highest BCUT2D eigenvalue weighted by molar-refractivity contribution is 5.78. The Morgan fingerprint density at radius 1 is 1.25 bits per heavy atom. The quantitative estimate of drug-likeness (QED) is 0.823. The van der Waals surface area contributed by atoms with Crippen LogP contribution in [-0.2, 0) is 11.2 Å². The van der Waals surface area contributed by atoms with Crippen LogP contribution in [0, 0.1) is 0 Å². The molecule has 0 bridgehead atoms. The van der Waals surface area contributed by atoms with Crippen LogP contribution in [0.25, 0.3) is 0 Å². The van der Waals surface area contributed by atoms with Crippen molar-refractivity contribution in [2.75, 3.05) is 39.8 Å². The number of rotatable bonds is 7. The number of ether oxygens (including phenoxy) is 1. The van der Waals surface area contributed by atoms with Gasteiger partial charge in [0.1, 0.15) is 5.75 Å². The van der Waals surface area contributed by atoms with Crippen LogP contribution in [0.1, 0.15) is 25.3 Å². The summed E-state index contributed by atoms with van der Waals surface area (Å²) in [5.41, 5.74) is 1.21. The van der Waals surface area contributed by atoms with Gasteiger partial charge >= 0.3 is 0 Å². The Bertz CT molecular complexity index is 542. The monoisotopic (exact) mass is 331 g/mol. The summed E-state index contributed by atoms with van der Waals surface area (Å²) in [5, 5.41) is 3.05. The molecule has 0 spiro atoms. The van der Waals surface area contributed by atoms with E-state index in [1.165, 1.54) is 18.4 Å². The van der Waals surface area contributed by atoms with Crippen molar-refractivity contribution in [3.8, 4) is 5.75 Å². The van der Waals surface area contributed by atoms with Gasteiger partial charge in [0, 0.05) is 38.3 Å². The number of amides is 1. The molecule has 1 atom stereocenters. The molecule has 2 fully saturated rings. The zero-order chi connectivity index (χ0) is 16.9.